The fourth-order valence-corrected chi connectivity index (χ4v) is 7.93. The molecular formula is C48H97NO4. The minimum Gasteiger partial charge on any atom is -0.394 e. The Bertz CT molecular complexity index is 703. The number of rotatable bonds is 45. The van der Waals surface area contributed by atoms with Gasteiger partial charge in [0, 0.05) is 6.42 Å². The number of aliphatic hydroxyl groups excluding tert-OH is 3. The van der Waals surface area contributed by atoms with Crippen LogP contribution in [0.1, 0.15) is 277 Å². The highest BCUT2D eigenvalue weighted by atomic mass is 16.3. The van der Waals surface area contributed by atoms with Crippen molar-refractivity contribution >= 4 is 5.91 Å². The summed E-state index contributed by atoms with van der Waals surface area (Å²) in [7, 11) is 0. The summed E-state index contributed by atoms with van der Waals surface area (Å²) >= 11 is 0. The van der Waals surface area contributed by atoms with Gasteiger partial charge < -0.3 is 20.6 Å². The summed E-state index contributed by atoms with van der Waals surface area (Å²) in [5.74, 6) is -0.139. The van der Waals surface area contributed by atoms with E-state index in [1.807, 2.05) is 0 Å². The molecule has 0 saturated heterocycles. The number of aliphatic hydroxyl groups is 3. The first-order valence-electron chi connectivity index (χ1n) is 24.3. The van der Waals surface area contributed by atoms with Crippen LogP contribution in [0.3, 0.4) is 0 Å². The molecule has 53 heavy (non-hydrogen) atoms. The van der Waals surface area contributed by atoms with Gasteiger partial charge in [-0.05, 0) is 12.8 Å². The topological polar surface area (TPSA) is 89.8 Å². The monoisotopic (exact) mass is 752 g/mol. The van der Waals surface area contributed by atoms with Gasteiger partial charge in [-0.1, -0.05) is 258 Å². The van der Waals surface area contributed by atoms with E-state index in [0.717, 1.165) is 32.1 Å². The molecule has 0 aromatic rings. The molecule has 0 radical (unpaired) electrons. The fourth-order valence-electron chi connectivity index (χ4n) is 7.93. The van der Waals surface area contributed by atoms with Crippen LogP contribution in [-0.4, -0.2) is 46.1 Å². The maximum Gasteiger partial charge on any atom is 0.220 e. The third-order valence-electron chi connectivity index (χ3n) is 11.7. The van der Waals surface area contributed by atoms with Gasteiger partial charge in [0.15, 0.2) is 0 Å². The largest absolute Gasteiger partial charge is 0.394 e. The van der Waals surface area contributed by atoms with Crippen molar-refractivity contribution in [2.75, 3.05) is 6.61 Å². The molecule has 3 atom stereocenters. The van der Waals surface area contributed by atoms with Gasteiger partial charge in [0.25, 0.3) is 0 Å². The van der Waals surface area contributed by atoms with Crippen molar-refractivity contribution in [2.24, 2.45) is 0 Å². The van der Waals surface area contributed by atoms with E-state index < -0.39 is 18.2 Å². The second kappa shape index (κ2) is 44.1. The van der Waals surface area contributed by atoms with Crippen LogP contribution in [0, 0.1) is 0 Å². The Morgan fingerprint density at radius 1 is 0.396 bits per heavy atom. The van der Waals surface area contributed by atoms with Crippen LogP contribution in [0.4, 0.5) is 0 Å². The van der Waals surface area contributed by atoms with Crippen LogP contribution < -0.4 is 5.32 Å². The molecule has 5 nitrogen and oxygen atoms in total. The van der Waals surface area contributed by atoms with E-state index in [9.17, 15) is 20.1 Å². The van der Waals surface area contributed by atoms with Gasteiger partial charge in [0.1, 0.15) is 6.10 Å². The van der Waals surface area contributed by atoms with Crippen molar-refractivity contribution in [1.82, 2.24) is 5.32 Å². The summed E-state index contributed by atoms with van der Waals surface area (Å²) in [6.07, 6.45) is 50.8. The third kappa shape index (κ3) is 39.4. The van der Waals surface area contributed by atoms with Gasteiger partial charge in [-0.15, -0.1) is 0 Å². The van der Waals surface area contributed by atoms with Crippen molar-refractivity contribution in [3.63, 3.8) is 0 Å². The molecule has 0 aliphatic heterocycles. The standard InChI is InChI=1S/C48H97NO4/c1-3-5-7-9-11-13-15-17-19-20-21-22-23-24-25-26-27-29-30-32-34-36-38-40-42-46(51)48(53)45(44-50)49-47(52)43-41-39-37-35-33-31-28-18-16-14-12-10-8-6-4-2/h45-46,48,50-51,53H,3-44H2,1-2H3,(H,49,52). The van der Waals surface area contributed by atoms with E-state index in [1.165, 1.54) is 218 Å². The molecule has 318 valence electrons. The fraction of sp³-hybridized carbons (Fsp3) is 0.979. The third-order valence-corrected chi connectivity index (χ3v) is 11.7. The molecule has 0 aromatic carbocycles. The van der Waals surface area contributed by atoms with Gasteiger partial charge in [0.05, 0.1) is 18.8 Å². The molecule has 0 aliphatic rings. The zero-order valence-corrected chi connectivity index (χ0v) is 36.2. The van der Waals surface area contributed by atoms with Crippen LogP contribution in [0.15, 0.2) is 0 Å². The zero-order valence-electron chi connectivity index (χ0n) is 36.2. The summed E-state index contributed by atoms with van der Waals surface area (Å²) in [5.41, 5.74) is 0. The quantitative estimate of drug-likeness (QED) is 0.0466. The van der Waals surface area contributed by atoms with Crippen LogP contribution >= 0.6 is 0 Å². The summed E-state index contributed by atoms with van der Waals surface area (Å²) in [4.78, 5) is 12.4. The zero-order chi connectivity index (χ0) is 38.7. The minimum atomic E-state index is -1.13. The van der Waals surface area contributed by atoms with E-state index >= 15 is 0 Å². The molecule has 0 spiro atoms. The summed E-state index contributed by atoms with van der Waals surface area (Å²) in [6, 6.07) is -0.803. The van der Waals surface area contributed by atoms with Gasteiger partial charge in [-0.25, -0.2) is 0 Å². The molecule has 4 N–H and O–H groups in total. The highest BCUT2D eigenvalue weighted by Gasteiger charge is 2.26. The Labute approximate surface area is 332 Å². The Hall–Kier alpha value is -0.650. The number of nitrogens with one attached hydrogen (secondary N) is 1. The van der Waals surface area contributed by atoms with E-state index in [0.29, 0.717) is 12.8 Å². The molecule has 0 aromatic heterocycles. The number of hydrogen-bond donors (Lipinski definition) is 4. The van der Waals surface area contributed by atoms with Crippen molar-refractivity contribution in [1.29, 1.82) is 0 Å². The van der Waals surface area contributed by atoms with E-state index in [1.54, 1.807) is 0 Å². The van der Waals surface area contributed by atoms with Gasteiger partial charge in [-0.3, -0.25) is 4.79 Å². The maximum atomic E-state index is 12.4. The lowest BCUT2D eigenvalue weighted by atomic mass is 9.99. The Morgan fingerprint density at radius 2 is 0.642 bits per heavy atom. The average Bonchev–Trinajstić information content (AvgIpc) is 3.16. The van der Waals surface area contributed by atoms with Crippen LogP contribution in [0.25, 0.3) is 0 Å². The highest BCUT2D eigenvalue weighted by molar-refractivity contribution is 5.76. The maximum absolute atomic E-state index is 12.4. The van der Waals surface area contributed by atoms with Crippen molar-refractivity contribution in [3.05, 3.63) is 0 Å². The summed E-state index contributed by atoms with van der Waals surface area (Å²) in [6.45, 7) is 4.21. The molecule has 0 rings (SSSR count). The molecular weight excluding hydrogens is 655 g/mol. The summed E-state index contributed by atoms with van der Waals surface area (Å²) < 4.78 is 0. The predicted octanol–water partition coefficient (Wildman–Crippen LogP) is 14.2. The Balaban J connectivity index is 3.52. The number of hydrogen-bond acceptors (Lipinski definition) is 4. The molecule has 1 amide bonds. The molecule has 0 heterocycles. The number of carbonyl (C=O) groups excluding carboxylic acids is 1. The molecule has 3 unspecified atom stereocenters. The van der Waals surface area contributed by atoms with Crippen molar-refractivity contribution < 1.29 is 20.1 Å². The molecule has 0 saturated carbocycles. The number of amides is 1. The first-order valence-corrected chi connectivity index (χ1v) is 24.3. The van der Waals surface area contributed by atoms with Gasteiger partial charge in [0.2, 0.25) is 5.91 Å². The first-order chi connectivity index (χ1) is 26.1. The van der Waals surface area contributed by atoms with E-state index in [4.69, 9.17) is 0 Å². The van der Waals surface area contributed by atoms with Crippen LogP contribution in [0.5, 0.6) is 0 Å². The molecule has 0 bridgehead atoms. The molecule has 0 fully saturated rings. The number of carbonyl (C=O) groups is 1. The highest BCUT2D eigenvalue weighted by Crippen LogP contribution is 2.18. The Morgan fingerprint density at radius 3 is 0.906 bits per heavy atom. The van der Waals surface area contributed by atoms with Gasteiger partial charge >= 0.3 is 0 Å². The smallest absolute Gasteiger partial charge is 0.220 e. The van der Waals surface area contributed by atoms with Gasteiger partial charge in [-0.2, -0.15) is 0 Å². The number of unbranched alkanes of at least 4 members (excludes halogenated alkanes) is 37. The van der Waals surface area contributed by atoms with E-state index in [-0.39, 0.29) is 12.5 Å². The predicted molar refractivity (Wildman–Crippen MR) is 232 cm³/mol. The Kier molecular flexibility index (Phi) is 43.5. The second-order valence-corrected chi connectivity index (χ2v) is 17.0. The minimum absolute atomic E-state index is 0.139. The SMILES string of the molecule is CCCCCCCCCCCCCCCCCCCCCCCCCCC(O)C(O)C(CO)NC(=O)CCCCCCCCCCCCCCCCC. The average molecular weight is 752 g/mol. The van der Waals surface area contributed by atoms with Crippen molar-refractivity contribution in [3.8, 4) is 0 Å². The lowest BCUT2D eigenvalue weighted by Gasteiger charge is -2.26. The second-order valence-electron chi connectivity index (χ2n) is 17.0. The lowest BCUT2D eigenvalue weighted by molar-refractivity contribution is -0.124. The molecule has 0 aliphatic carbocycles. The summed E-state index contributed by atoms with van der Waals surface area (Å²) in [5, 5.41) is 33.6. The van der Waals surface area contributed by atoms with Crippen LogP contribution in [-0.2, 0) is 4.79 Å². The van der Waals surface area contributed by atoms with E-state index in [2.05, 4.69) is 19.2 Å². The van der Waals surface area contributed by atoms with Crippen molar-refractivity contribution in [2.45, 2.75) is 295 Å². The van der Waals surface area contributed by atoms with Crippen LogP contribution in [0.2, 0.25) is 0 Å². The first kappa shape index (κ1) is 52.3. The normalized spacial score (nSPS) is 13.4. The lowest BCUT2D eigenvalue weighted by Crippen LogP contribution is -2.50. The molecule has 5 heteroatoms.